The van der Waals surface area contributed by atoms with Crippen molar-refractivity contribution in [1.29, 1.82) is 0 Å². The quantitative estimate of drug-likeness (QED) is 0.276. The van der Waals surface area contributed by atoms with Crippen molar-refractivity contribution in [3.05, 3.63) is 24.5 Å². The molecule has 0 aromatic heterocycles. The predicted octanol–water partition coefficient (Wildman–Crippen LogP) is 1.41. The first-order valence-electron chi connectivity index (χ1n) is 3.86. The molecule has 1 atom stereocenters. The number of hydrogen-bond donors (Lipinski definition) is 0. The summed E-state index contributed by atoms with van der Waals surface area (Å²) in [5.41, 5.74) is 0.650. The molecule has 66 valence electrons. The van der Waals surface area contributed by atoms with Gasteiger partial charge in [0.05, 0.1) is 19.0 Å². The molecule has 0 aliphatic carbocycles. The van der Waals surface area contributed by atoms with E-state index in [2.05, 4.69) is 11.3 Å². The molecule has 0 bridgehead atoms. The molecule has 1 saturated heterocycles. The summed E-state index contributed by atoms with van der Waals surface area (Å²) in [5, 5.41) is 0. The predicted molar refractivity (Wildman–Crippen MR) is 44.4 cm³/mol. The topological polar surface area (TPSA) is 38.8 Å². The van der Waals surface area contributed by atoms with Crippen LogP contribution < -0.4 is 0 Å². The summed E-state index contributed by atoms with van der Waals surface area (Å²) < 4.78 is 9.62. The minimum Gasteiger partial charge on any atom is -0.432 e. The minimum atomic E-state index is -0.331. The zero-order valence-electron chi connectivity index (χ0n) is 7.08. The van der Waals surface area contributed by atoms with Gasteiger partial charge >= 0.3 is 5.97 Å². The van der Waals surface area contributed by atoms with Crippen molar-refractivity contribution < 1.29 is 14.3 Å². The number of carbonyl (C=O) groups excluding carboxylic acids is 1. The van der Waals surface area contributed by atoms with E-state index in [9.17, 15) is 4.79 Å². The van der Waals surface area contributed by atoms with Gasteiger partial charge in [0, 0.05) is 12.0 Å². The summed E-state index contributed by atoms with van der Waals surface area (Å²) in [4.78, 5) is 11.1. The molecule has 1 unspecified atom stereocenters. The number of epoxide rings is 1. The van der Waals surface area contributed by atoms with Gasteiger partial charge in [-0.3, -0.25) is 0 Å². The van der Waals surface area contributed by atoms with E-state index in [4.69, 9.17) is 4.74 Å². The largest absolute Gasteiger partial charge is 0.432 e. The van der Waals surface area contributed by atoms with Gasteiger partial charge in [0.25, 0.3) is 0 Å². The smallest absolute Gasteiger partial charge is 0.338 e. The van der Waals surface area contributed by atoms with E-state index in [-0.39, 0.29) is 12.1 Å². The van der Waals surface area contributed by atoms with E-state index in [1.807, 2.05) is 6.92 Å². The molecule has 1 aliphatic rings. The lowest BCUT2D eigenvalue weighted by atomic mass is 10.1. The van der Waals surface area contributed by atoms with Crippen molar-refractivity contribution in [3.8, 4) is 0 Å². The highest BCUT2D eigenvalue weighted by Gasteiger charge is 2.26. The molecule has 0 spiro atoms. The molecular formula is C9H12O3. The van der Waals surface area contributed by atoms with Crippen LogP contribution in [0.15, 0.2) is 24.5 Å². The highest BCUT2D eigenvalue weighted by Crippen LogP contribution is 2.19. The Morgan fingerprint density at radius 1 is 1.83 bits per heavy atom. The Morgan fingerprint density at radius 2 is 2.50 bits per heavy atom. The third kappa shape index (κ3) is 2.51. The molecule has 0 saturated carbocycles. The SMILES string of the molecule is C=COC(=O)C(=CC)CC1CO1. The second-order valence-corrected chi connectivity index (χ2v) is 2.55. The molecule has 1 heterocycles. The maximum absolute atomic E-state index is 11.1. The van der Waals surface area contributed by atoms with Crippen LogP contribution in [-0.2, 0) is 14.3 Å². The Morgan fingerprint density at radius 3 is 2.92 bits per heavy atom. The highest BCUT2D eigenvalue weighted by atomic mass is 16.6. The normalized spacial score (nSPS) is 21.8. The molecule has 0 amide bonds. The molecular weight excluding hydrogens is 156 g/mol. The Bertz CT molecular complexity index is 214. The third-order valence-electron chi connectivity index (χ3n) is 1.65. The number of carbonyl (C=O) groups is 1. The summed E-state index contributed by atoms with van der Waals surface area (Å²) in [6, 6.07) is 0. The zero-order valence-corrected chi connectivity index (χ0v) is 7.08. The monoisotopic (exact) mass is 168 g/mol. The van der Waals surface area contributed by atoms with Crippen LogP contribution in [0.3, 0.4) is 0 Å². The molecule has 0 radical (unpaired) electrons. The number of rotatable bonds is 4. The van der Waals surface area contributed by atoms with Gasteiger partial charge in [-0.25, -0.2) is 4.79 Å². The molecule has 1 fully saturated rings. The van der Waals surface area contributed by atoms with Gasteiger partial charge in [0.1, 0.15) is 0 Å². The standard InChI is InChI=1S/C9H12O3/c1-3-7(5-8-6-12-8)9(10)11-4-2/h3-4,8H,2,5-6H2,1H3. The van der Waals surface area contributed by atoms with Gasteiger partial charge in [0.2, 0.25) is 0 Å². The minimum absolute atomic E-state index is 0.216. The molecule has 0 N–H and O–H groups in total. The van der Waals surface area contributed by atoms with Crippen molar-refractivity contribution >= 4 is 5.97 Å². The highest BCUT2D eigenvalue weighted by molar-refractivity contribution is 5.88. The summed E-state index contributed by atoms with van der Waals surface area (Å²) >= 11 is 0. The lowest BCUT2D eigenvalue weighted by Gasteiger charge is -2.01. The summed E-state index contributed by atoms with van der Waals surface area (Å²) in [6.07, 6.45) is 3.74. The van der Waals surface area contributed by atoms with Gasteiger partial charge < -0.3 is 9.47 Å². The fourth-order valence-corrected chi connectivity index (χ4v) is 0.902. The molecule has 3 heteroatoms. The lowest BCUT2D eigenvalue weighted by molar-refractivity contribution is -0.133. The molecule has 1 aliphatic heterocycles. The van der Waals surface area contributed by atoms with E-state index in [1.54, 1.807) is 6.08 Å². The maximum atomic E-state index is 11.1. The van der Waals surface area contributed by atoms with E-state index < -0.39 is 0 Å². The van der Waals surface area contributed by atoms with E-state index in [1.165, 1.54) is 0 Å². The van der Waals surface area contributed by atoms with Crippen LogP contribution in [0, 0.1) is 0 Å². The number of ether oxygens (including phenoxy) is 2. The number of allylic oxidation sites excluding steroid dienone is 1. The van der Waals surface area contributed by atoms with Crippen LogP contribution in [0.2, 0.25) is 0 Å². The summed E-state index contributed by atoms with van der Waals surface area (Å²) in [6.45, 7) is 5.87. The van der Waals surface area contributed by atoms with E-state index in [0.717, 1.165) is 12.9 Å². The summed E-state index contributed by atoms with van der Waals surface area (Å²) in [7, 11) is 0. The van der Waals surface area contributed by atoms with Gasteiger partial charge in [-0.2, -0.15) is 0 Å². The first-order valence-corrected chi connectivity index (χ1v) is 3.86. The Labute approximate surface area is 71.7 Å². The number of esters is 1. The van der Waals surface area contributed by atoms with Gasteiger partial charge in [-0.15, -0.1) is 0 Å². The second-order valence-electron chi connectivity index (χ2n) is 2.55. The van der Waals surface area contributed by atoms with Crippen LogP contribution in [0.25, 0.3) is 0 Å². The van der Waals surface area contributed by atoms with Crippen LogP contribution >= 0.6 is 0 Å². The fraction of sp³-hybridized carbons (Fsp3) is 0.444. The first kappa shape index (κ1) is 9.00. The Kier molecular flexibility index (Phi) is 3.05. The Hall–Kier alpha value is -1.09. The molecule has 1 rings (SSSR count). The van der Waals surface area contributed by atoms with Crippen molar-refractivity contribution in [3.63, 3.8) is 0 Å². The van der Waals surface area contributed by atoms with Crippen LogP contribution in [0.4, 0.5) is 0 Å². The Balaban J connectivity index is 2.42. The van der Waals surface area contributed by atoms with Crippen molar-refractivity contribution in [2.24, 2.45) is 0 Å². The van der Waals surface area contributed by atoms with Crippen LogP contribution in [0.5, 0.6) is 0 Å². The lowest BCUT2D eigenvalue weighted by Crippen LogP contribution is -2.06. The second kappa shape index (κ2) is 4.07. The average Bonchev–Trinajstić information content (AvgIpc) is 2.84. The zero-order chi connectivity index (χ0) is 8.97. The van der Waals surface area contributed by atoms with E-state index in [0.29, 0.717) is 12.0 Å². The van der Waals surface area contributed by atoms with Crippen molar-refractivity contribution in [2.45, 2.75) is 19.4 Å². The molecule has 0 aromatic rings. The average molecular weight is 168 g/mol. The number of hydrogen-bond acceptors (Lipinski definition) is 3. The van der Waals surface area contributed by atoms with Gasteiger partial charge in [0.15, 0.2) is 0 Å². The third-order valence-corrected chi connectivity index (χ3v) is 1.65. The van der Waals surface area contributed by atoms with Crippen LogP contribution in [-0.4, -0.2) is 18.7 Å². The van der Waals surface area contributed by atoms with Crippen molar-refractivity contribution in [2.75, 3.05) is 6.61 Å². The van der Waals surface area contributed by atoms with Crippen molar-refractivity contribution in [1.82, 2.24) is 0 Å². The fourth-order valence-electron chi connectivity index (χ4n) is 0.902. The molecule has 12 heavy (non-hydrogen) atoms. The summed E-state index contributed by atoms with van der Waals surface area (Å²) in [5.74, 6) is -0.331. The maximum Gasteiger partial charge on any atom is 0.338 e. The van der Waals surface area contributed by atoms with Crippen LogP contribution in [0.1, 0.15) is 13.3 Å². The van der Waals surface area contributed by atoms with E-state index >= 15 is 0 Å². The van der Waals surface area contributed by atoms with Gasteiger partial charge in [-0.1, -0.05) is 12.7 Å². The first-order chi connectivity index (χ1) is 5.77. The molecule has 0 aromatic carbocycles. The molecule has 3 nitrogen and oxygen atoms in total. The van der Waals surface area contributed by atoms with Gasteiger partial charge in [-0.05, 0) is 6.92 Å².